The lowest BCUT2D eigenvalue weighted by atomic mass is 9.53. The highest BCUT2D eigenvalue weighted by Crippen LogP contribution is 2.55. The predicted octanol–water partition coefficient (Wildman–Crippen LogP) is 7.08. The summed E-state index contributed by atoms with van der Waals surface area (Å²) >= 11 is 0. The lowest BCUT2D eigenvalue weighted by Gasteiger charge is -2.52. The summed E-state index contributed by atoms with van der Waals surface area (Å²) in [7, 11) is 0. The summed E-state index contributed by atoms with van der Waals surface area (Å²) in [4.78, 5) is 0. The molecule has 0 unspecified atom stereocenters. The monoisotopic (exact) mass is 268 g/mol. The van der Waals surface area contributed by atoms with Crippen LogP contribution in [0.1, 0.15) is 101 Å². The molecule has 0 bridgehead atoms. The van der Waals surface area contributed by atoms with E-state index >= 15 is 0 Å². The van der Waals surface area contributed by atoms with Gasteiger partial charge in [0, 0.05) is 0 Å². The molecule has 0 fully saturated rings. The topological polar surface area (TPSA) is 0 Å². The Labute approximate surface area is 123 Å². The maximum atomic E-state index is 2.49. The van der Waals surface area contributed by atoms with Gasteiger partial charge in [0.1, 0.15) is 0 Å². The van der Waals surface area contributed by atoms with Crippen LogP contribution in [-0.4, -0.2) is 0 Å². The normalized spacial score (nSPS) is 14.8. The van der Waals surface area contributed by atoms with Gasteiger partial charge in [-0.1, -0.05) is 88.5 Å². The molecular formula is C19H40. The highest BCUT2D eigenvalue weighted by molar-refractivity contribution is 4.96. The Morgan fingerprint density at radius 2 is 1.00 bits per heavy atom. The molecule has 0 amide bonds. The zero-order chi connectivity index (χ0) is 15.5. The minimum absolute atomic E-state index is 0.387. The standard InChI is InChI=1S/C19H40/c1-11-14-16(4,5)17(6,7)15-18(8,9)19(10,12-2)13-3/h11-15H2,1-10H3. The van der Waals surface area contributed by atoms with E-state index in [0.717, 1.165) is 0 Å². The Hall–Kier alpha value is 0. The maximum absolute atomic E-state index is 2.49. The lowest BCUT2D eigenvalue weighted by molar-refractivity contribution is -0.0210. The van der Waals surface area contributed by atoms with Gasteiger partial charge in [-0.05, 0) is 34.5 Å². The summed E-state index contributed by atoms with van der Waals surface area (Å²) in [5.41, 5.74) is 1.65. The largest absolute Gasteiger partial charge is 0.0654 e. The van der Waals surface area contributed by atoms with Crippen molar-refractivity contribution < 1.29 is 0 Å². The third-order valence-electron chi connectivity index (χ3n) is 6.79. The first-order valence-corrected chi connectivity index (χ1v) is 8.39. The lowest BCUT2D eigenvalue weighted by Crippen LogP contribution is -2.43. The van der Waals surface area contributed by atoms with Gasteiger partial charge in [0.05, 0.1) is 0 Å². The molecule has 0 aliphatic carbocycles. The van der Waals surface area contributed by atoms with Crippen LogP contribution >= 0.6 is 0 Å². The van der Waals surface area contributed by atoms with Gasteiger partial charge in [0.25, 0.3) is 0 Å². The summed E-state index contributed by atoms with van der Waals surface area (Å²) < 4.78 is 0. The second kappa shape index (κ2) is 6.19. The summed E-state index contributed by atoms with van der Waals surface area (Å²) in [6, 6.07) is 0. The molecule has 0 aliphatic rings. The van der Waals surface area contributed by atoms with Crippen molar-refractivity contribution in [2.45, 2.75) is 101 Å². The molecular weight excluding hydrogens is 228 g/mol. The van der Waals surface area contributed by atoms with E-state index in [4.69, 9.17) is 0 Å². The Morgan fingerprint density at radius 3 is 1.32 bits per heavy atom. The Bertz CT molecular complexity index is 264. The fourth-order valence-corrected chi connectivity index (χ4v) is 3.73. The van der Waals surface area contributed by atoms with E-state index in [1.807, 2.05) is 0 Å². The second-order valence-corrected chi connectivity index (χ2v) is 8.85. The number of hydrogen-bond donors (Lipinski definition) is 0. The average molecular weight is 269 g/mol. The predicted molar refractivity (Wildman–Crippen MR) is 89.6 cm³/mol. The van der Waals surface area contributed by atoms with Crippen molar-refractivity contribution >= 4 is 0 Å². The van der Waals surface area contributed by atoms with Gasteiger partial charge in [-0.2, -0.15) is 0 Å². The highest BCUT2D eigenvalue weighted by atomic mass is 14.5. The van der Waals surface area contributed by atoms with E-state index in [0.29, 0.717) is 21.7 Å². The van der Waals surface area contributed by atoms with E-state index in [-0.39, 0.29) is 0 Å². The fraction of sp³-hybridized carbons (Fsp3) is 1.00. The van der Waals surface area contributed by atoms with Crippen molar-refractivity contribution in [1.29, 1.82) is 0 Å². The molecule has 0 heteroatoms. The number of rotatable bonds is 8. The van der Waals surface area contributed by atoms with Crippen LogP contribution in [0.4, 0.5) is 0 Å². The minimum atomic E-state index is 0.387. The van der Waals surface area contributed by atoms with Gasteiger partial charge in [-0.25, -0.2) is 0 Å². The Kier molecular flexibility index (Phi) is 6.19. The van der Waals surface area contributed by atoms with E-state index < -0.39 is 0 Å². The summed E-state index contributed by atoms with van der Waals surface area (Å²) in [5.74, 6) is 0. The smallest absolute Gasteiger partial charge is 0.0280 e. The molecule has 0 radical (unpaired) electrons. The van der Waals surface area contributed by atoms with E-state index in [2.05, 4.69) is 69.2 Å². The molecule has 0 saturated carbocycles. The fourth-order valence-electron chi connectivity index (χ4n) is 3.73. The third kappa shape index (κ3) is 3.99. The SMILES string of the molecule is CCCC(C)(C)C(C)(C)CC(C)(C)C(C)(CC)CC. The van der Waals surface area contributed by atoms with Crippen LogP contribution in [-0.2, 0) is 0 Å². The van der Waals surface area contributed by atoms with E-state index in [9.17, 15) is 0 Å². The van der Waals surface area contributed by atoms with Crippen LogP contribution in [0.5, 0.6) is 0 Å². The van der Waals surface area contributed by atoms with Crippen molar-refractivity contribution in [1.82, 2.24) is 0 Å². The van der Waals surface area contributed by atoms with Crippen LogP contribution < -0.4 is 0 Å². The van der Waals surface area contributed by atoms with Gasteiger partial charge in [0.15, 0.2) is 0 Å². The van der Waals surface area contributed by atoms with Gasteiger partial charge in [-0.3, -0.25) is 0 Å². The second-order valence-electron chi connectivity index (χ2n) is 8.85. The average Bonchev–Trinajstić information content (AvgIpc) is 2.25. The maximum Gasteiger partial charge on any atom is -0.0280 e. The van der Waals surface area contributed by atoms with Crippen LogP contribution in [0.25, 0.3) is 0 Å². The first-order chi connectivity index (χ1) is 8.39. The van der Waals surface area contributed by atoms with Crippen molar-refractivity contribution in [3.63, 3.8) is 0 Å². The molecule has 0 saturated heterocycles. The van der Waals surface area contributed by atoms with Crippen molar-refractivity contribution in [3.8, 4) is 0 Å². The van der Waals surface area contributed by atoms with Gasteiger partial charge < -0.3 is 0 Å². The summed E-state index contributed by atoms with van der Waals surface area (Å²) in [6.07, 6.45) is 6.48. The van der Waals surface area contributed by atoms with E-state index in [1.165, 1.54) is 32.1 Å². The molecule has 19 heavy (non-hydrogen) atoms. The van der Waals surface area contributed by atoms with Crippen LogP contribution in [0, 0.1) is 21.7 Å². The van der Waals surface area contributed by atoms with Gasteiger partial charge in [0.2, 0.25) is 0 Å². The summed E-state index contributed by atoms with van der Waals surface area (Å²) in [5, 5.41) is 0. The molecule has 0 nitrogen and oxygen atoms in total. The van der Waals surface area contributed by atoms with Crippen molar-refractivity contribution in [2.75, 3.05) is 0 Å². The first kappa shape index (κ1) is 19.0. The van der Waals surface area contributed by atoms with Crippen LogP contribution in [0.3, 0.4) is 0 Å². The zero-order valence-electron chi connectivity index (χ0n) is 15.5. The molecule has 0 rings (SSSR count). The molecule has 0 spiro atoms. The highest BCUT2D eigenvalue weighted by Gasteiger charge is 2.46. The van der Waals surface area contributed by atoms with Crippen LogP contribution in [0.15, 0.2) is 0 Å². The first-order valence-electron chi connectivity index (χ1n) is 8.39. The molecule has 0 aromatic heterocycles. The molecule has 0 aromatic carbocycles. The molecule has 0 aromatic rings. The number of hydrogen-bond acceptors (Lipinski definition) is 0. The molecule has 0 atom stereocenters. The van der Waals surface area contributed by atoms with Crippen molar-refractivity contribution in [3.05, 3.63) is 0 Å². The van der Waals surface area contributed by atoms with E-state index in [1.54, 1.807) is 0 Å². The molecule has 0 heterocycles. The van der Waals surface area contributed by atoms with Crippen LogP contribution in [0.2, 0.25) is 0 Å². The minimum Gasteiger partial charge on any atom is -0.0654 e. The zero-order valence-corrected chi connectivity index (χ0v) is 15.5. The van der Waals surface area contributed by atoms with Crippen molar-refractivity contribution in [2.24, 2.45) is 21.7 Å². The Balaban J connectivity index is 5.20. The third-order valence-corrected chi connectivity index (χ3v) is 6.79. The molecule has 116 valence electrons. The quantitative estimate of drug-likeness (QED) is 0.441. The Morgan fingerprint density at radius 1 is 0.579 bits per heavy atom. The van der Waals surface area contributed by atoms with Gasteiger partial charge in [-0.15, -0.1) is 0 Å². The molecule has 0 N–H and O–H groups in total. The summed E-state index contributed by atoms with van der Waals surface area (Å²) in [6.45, 7) is 24.4. The van der Waals surface area contributed by atoms with Gasteiger partial charge >= 0.3 is 0 Å². The molecule has 0 aliphatic heterocycles.